The topological polar surface area (TPSA) is 63.9 Å². The average Bonchev–Trinajstić information content (AvgIpc) is 2.30. The van der Waals surface area contributed by atoms with Gasteiger partial charge in [0.15, 0.2) is 0 Å². The highest BCUT2D eigenvalue weighted by atomic mass is 16.3. The van der Waals surface area contributed by atoms with E-state index < -0.39 is 0 Å². The molecule has 0 heterocycles. The fraction of sp³-hybridized carbons (Fsp3) is 1.00. The zero-order valence-electron chi connectivity index (χ0n) is 10.9. The minimum absolute atomic E-state index is 0.0258. The van der Waals surface area contributed by atoms with Crippen molar-refractivity contribution in [3.8, 4) is 0 Å². The van der Waals surface area contributed by atoms with Crippen LogP contribution in [0.2, 0.25) is 0 Å². The van der Waals surface area contributed by atoms with Crippen LogP contribution in [0.15, 0.2) is 0 Å². The molecular weight excluding hydrogens is 218 g/mol. The molecule has 3 N–H and O–H groups in total. The van der Waals surface area contributed by atoms with E-state index in [4.69, 9.17) is 10.2 Å². The van der Waals surface area contributed by atoms with Crippen LogP contribution < -0.4 is 0 Å². The molecule has 1 rings (SSSR count). The second-order valence-corrected chi connectivity index (χ2v) is 5.58. The fourth-order valence-electron chi connectivity index (χ4n) is 3.13. The number of aliphatic hydroxyl groups is 3. The SMILES string of the molecule is CC1CCCC(CO)(CN(CCO)CCO)C1. The van der Waals surface area contributed by atoms with Gasteiger partial charge in [0.2, 0.25) is 0 Å². The first-order chi connectivity index (χ1) is 8.15. The highest BCUT2D eigenvalue weighted by Crippen LogP contribution is 2.39. The van der Waals surface area contributed by atoms with Crippen molar-refractivity contribution >= 4 is 0 Å². The number of hydrogen-bond acceptors (Lipinski definition) is 4. The summed E-state index contributed by atoms with van der Waals surface area (Å²) in [6.07, 6.45) is 4.54. The monoisotopic (exact) mass is 245 g/mol. The first-order valence-electron chi connectivity index (χ1n) is 6.71. The molecule has 1 saturated carbocycles. The molecule has 0 aromatic rings. The molecule has 4 nitrogen and oxygen atoms in total. The van der Waals surface area contributed by atoms with E-state index in [1.807, 2.05) is 0 Å². The molecule has 0 radical (unpaired) electrons. The molecule has 0 bridgehead atoms. The number of hydrogen-bond donors (Lipinski definition) is 3. The maximum absolute atomic E-state index is 9.69. The van der Waals surface area contributed by atoms with Crippen LogP contribution in [-0.2, 0) is 0 Å². The van der Waals surface area contributed by atoms with Crippen molar-refractivity contribution in [1.29, 1.82) is 0 Å². The molecule has 0 spiro atoms. The van der Waals surface area contributed by atoms with Gasteiger partial charge in [-0.25, -0.2) is 0 Å². The van der Waals surface area contributed by atoms with Gasteiger partial charge >= 0.3 is 0 Å². The van der Waals surface area contributed by atoms with Crippen molar-refractivity contribution in [2.75, 3.05) is 39.5 Å². The van der Waals surface area contributed by atoms with Crippen LogP contribution >= 0.6 is 0 Å². The largest absolute Gasteiger partial charge is 0.396 e. The Kier molecular flexibility index (Phi) is 6.41. The lowest BCUT2D eigenvalue weighted by Crippen LogP contribution is -2.45. The van der Waals surface area contributed by atoms with E-state index in [0.29, 0.717) is 19.0 Å². The van der Waals surface area contributed by atoms with Crippen LogP contribution in [0.3, 0.4) is 0 Å². The average molecular weight is 245 g/mol. The van der Waals surface area contributed by atoms with Gasteiger partial charge in [0, 0.05) is 31.7 Å². The Morgan fingerprint density at radius 1 is 1.18 bits per heavy atom. The first-order valence-corrected chi connectivity index (χ1v) is 6.71. The van der Waals surface area contributed by atoms with Gasteiger partial charge in [-0.3, -0.25) is 4.90 Å². The Hall–Kier alpha value is -0.160. The van der Waals surface area contributed by atoms with E-state index in [0.717, 1.165) is 19.4 Å². The summed E-state index contributed by atoms with van der Waals surface area (Å²) in [5.41, 5.74) is -0.0258. The third kappa shape index (κ3) is 4.54. The molecule has 1 fully saturated rings. The third-order valence-corrected chi connectivity index (χ3v) is 3.91. The Bertz CT molecular complexity index is 207. The summed E-state index contributed by atoms with van der Waals surface area (Å²) in [6, 6.07) is 0. The number of nitrogens with zero attached hydrogens (tertiary/aromatic N) is 1. The van der Waals surface area contributed by atoms with E-state index in [1.165, 1.54) is 12.8 Å². The molecule has 17 heavy (non-hydrogen) atoms. The molecule has 0 aromatic heterocycles. The molecule has 1 aliphatic carbocycles. The van der Waals surface area contributed by atoms with Gasteiger partial charge in [-0.15, -0.1) is 0 Å². The molecule has 0 aromatic carbocycles. The van der Waals surface area contributed by atoms with Crippen molar-refractivity contribution in [2.45, 2.75) is 32.6 Å². The zero-order valence-corrected chi connectivity index (χ0v) is 10.9. The van der Waals surface area contributed by atoms with Crippen LogP contribution in [-0.4, -0.2) is 59.7 Å². The van der Waals surface area contributed by atoms with Gasteiger partial charge in [0.1, 0.15) is 0 Å². The smallest absolute Gasteiger partial charge is 0.0558 e. The van der Waals surface area contributed by atoms with Gasteiger partial charge in [-0.05, 0) is 18.8 Å². The van der Waals surface area contributed by atoms with Gasteiger partial charge in [0.05, 0.1) is 13.2 Å². The lowest BCUT2D eigenvalue weighted by atomic mass is 9.70. The minimum Gasteiger partial charge on any atom is -0.396 e. The Labute approximate surface area is 104 Å². The van der Waals surface area contributed by atoms with Crippen molar-refractivity contribution in [3.63, 3.8) is 0 Å². The molecule has 2 atom stereocenters. The van der Waals surface area contributed by atoms with E-state index >= 15 is 0 Å². The van der Waals surface area contributed by atoms with Gasteiger partial charge < -0.3 is 15.3 Å². The van der Waals surface area contributed by atoms with Crippen molar-refractivity contribution < 1.29 is 15.3 Å². The summed E-state index contributed by atoms with van der Waals surface area (Å²) in [5.74, 6) is 0.668. The van der Waals surface area contributed by atoms with Gasteiger partial charge in [-0.2, -0.15) is 0 Å². The van der Waals surface area contributed by atoms with Crippen molar-refractivity contribution in [3.05, 3.63) is 0 Å². The van der Waals surface area contributed by atoms with Crippen molar-refractivity contribution in [1.82, 2.24) is 4.90 Å². The summed E-state index contributed by atoms with van der Waals surface area (Å²) >= 11 is 0. The van der Waals surface area contributed by atoms with Crippen LogP contribution in [0.5, 0.6) is 0 Å². The maximum Gasteiger partial charge on any atom is 0.0558 e. The third-order valence-electron chi connectivity index (χ3n) is 3.91. The normalized spacial score (nSPS) is 29.8. The fourth-order valence-corrected chi connectivity index (χ4v) is 3.13. The minimum atomic E-state index is -0.0258. The molecule has 2 unspecified atom stereocenters. The molecule has 4 heteroatoms. The van der Waals surface area contributed by atoms with E-state index in [1.54, 1.807) is 0 Å². The van der Waals surface area contributed by atoms with E-state index in [2.05, 4.69) is 11.8 Å². The predicted molar refractivity (Wildman–Crippen MR) is 67.8 cm³/mol. The molecule has 0 amide bonds. The molecule has 0 aliphatic heterocycles. The summed E-state index contributed by atoms with van der Waals surface area (Å²) < 4.78 is 0. The van der Waals surface area contributed by atoms with E-state index in [9.17, 15) is 5.11 Å². The lowest BCUT2D eigenvalue weighted by Gasteiger charge is -2.42. The lowest BCUT2D eigenvalue weighted by molar-refractivity contribution is 0.0151. The predicted octanol–water partition coefficient (Wildman–Crippen LogP) is 0.462. The molecule has 0 saturated heterocycles. The second kappa shape index (κ2) is 7.31. The molecule has 1 aliphatic rings. The molecular formula is C13H27NO3. The van der Waals surface area contributed by atoms with E-state index in [-0.39, 0.29) is 25.2 Å². The van der Waals surface area contributed by atoms with Crippen LogP contribution in [0, 0.1) is 11.3 Å². The maximum atomic E-state index is 9.69. The Morgan fingerprint density at radius 3 is 2.29 bits per heavy atom. The van der Waals surface area contributed by atoms with Gasteiger partial charge in [-0.1, -0.05) is 19.8 Å². The van der Waals surface area contributed by atoms with Crippen LogP contribution in [0.4, 0.5) is 0 Å². The Balaban J connectivity index is 2.58. The quantitative estimate of drug-likeness (QED) is 0.610. The molecule has 102 valence electrons. The van der Waals surface area contributed by atoms with Crippen LogP contribution in [0.25, 0.3) is 0 Å². The summed E-state index contributed by atoms with van der Waals surface area (Å²) in [7, 11) is 0. The van der Waals surface area contributed by atoms with Crippen molar-refractivity contribution in [2.24, 2.45) is 11.3 Å². The summed E-state index contributed by atoms with van der Waals surface area (Å²) in [6.45, 7) is 4.62. The summed E-state index contributed by atoms with van der Waals surface area (Å²) in [5, 5.41) is 27.7. The zero-order chi connectivity index (χ0) is 12.7. The number of rotatable bonds is 7. The second-order valence-electron chi connectivity index (χ2n) is 5.58. The highest BCUT2D eigenvalue weighted by molar-refractivity contribution is 4.87. The number of aliphatic hydroxyl groups excluding tert-OH is 3. The summed E-state index contributed by atoms with van der Waals surface area (Å²) in [4.78, 5) is 2.06. The highest BCUT2D eigenvalue weighted by Gasteiger charge is 2.35. The van der Waals surface area contributed by atoms with Crippen LogP contribution in [0.1, 0.15) is 32.6 Å². The standard InChI is InChI=1S/C13H27NO3/c1-12-3-2-4-13(9-12,11-17)10-14(5-7-15)6-8-16/h12,15-17H,2-11H2,1H3. The Morgan fingerprint density at radius 2 is 1.82 bits per heavy atom. The van der Waals surface area contributed by atoms with Gasteiger partial charge in [0.25, 0.3) is 0 Å². The first kappa shape index (κ1) is 14.9.